The molecule has 13 heavy (non-hydrogen) atoms. The smallest absolute Gasteiger partial charge is 0.212 e. The number of nitrogens with one attached hydrogen (secondary N) is 1. The van der Waals surface area contributed by atoms with E-state index in [9.17, 15) is 0 Å². The number of rotatable bonds is 8. The van der Waals surface area contributed by atoms with Crippen LogP contribution in [0.15, 0.2) is 5.16 Å². The first-order valence-corrected chi connectivity index (χ1v) is 4.91. The second-order valence-electron chi connectivity index (χ2n) is 3.17. The summed E-state index contributed by atoms with van der Waals surface area (Å²) in [5.74, 6) is 0. The number of hydrogen-bond donors (Lipinski definition) is 3. The molecular formula is C9H20N3O. The number of hydrogen-bond acceptors (Lipinski definition) is 3. The van der Waals surface area contributed by atoms with E-state index in [4.69, 9.17) is 10.9 Å². The molecule has 0 saturated carbocycles. The third-order valence-electron chi connectivity index (χ3n) is 1.92. The molecule has 0 aromatic heterocycles. The van der Waals surface area contributed by atoms with Gasteiger partial charge in [-0.1, -0.05) is 44.2 Å². The summed E-state index contributed by atoms with van der Waals surface area (Å²) in [6.07, 6.45) is 9.13. The molecule has 0 fully saturated rings. The van der Waals surface area contributed by atoms with Crippen molar-refractivity contribution in [2.45, 2.75) is 51.6 Å². The van der Waals surface area contributed by atoms with Crippen LogP contribution in [0.25, 0.3) is 0 Å². The Bertz CT molecular complexity index is 128. The summed E-state index contributed by atoms with van der Waals surface area (Å²) in [4.78, 5) is 0. The van der Waals surface area contributed by atoms with Crippen LogP contribution in [0.1, 0.15) is 45.4 Å². The zero-order chi connectivity index (χ0) is 9.94. The van der Waals surface area contributed by atoms with Gasteiger partial charge in [0.2, 0.25) is 6.34 Å². The van der Waals surface area contributed by atoms with Gasteiger partial charge in [0.25, 0.3) is 0 Å². The fourth-order valence-electron chi connectivity index (χ4n) is 1.15. The Balaban J connectivity index is 3.12. The van der Waals surface area contributed by atoms with Crippen LogP contribution >= 0.6 is 0 Å². The van der Waals surface area contributed by atoms with Gasteiger partial charge >= 0.3 is 0 Å². The first-order chi connectivity index (χ1) is 6.31. The lowest BCUT2D eigenvalue weighted by molar-refractivity contribution is 0.318. The van der Waals surface area contributed by atoms with Crippen molar-refractivity contribution in [3.05, 3.63) is 0 Å². The van der Waals surface area contributed by atoms with E-state index >= 15 is 0 Å². The number of nitrogens with zero attached hydrogens (tertiary/aromatic N) is 1. The molecule has 0 heterocycles. The summed E-state index contributed by atoms with van der Waals surface area (Å²) in [6.45, 7) is 2.19. The van der Waals surface area contributed by atoms with Crippen molar-refractivity contribution in [1.82, 2.24) is 5.32 Å². The Morgan fingerprint density at radius 2 is 2.08 bits per heavy atom. The van der Waals surface area contributed by atoms with E-state index in [0.717, 1.165) is 12.8 Å². The van der Waals surface area contributed by atoms with Crippen LogP contribution in [0.3, 0.4) is 0 Å². The molecule has 0 aliphatic heterocycles. The summed E-state index contributed by atoms with van der Waals surface area (Å²) >= 11 is 0. The molecule has 1 atom stereocenters. The Hall–Kier alpha value is -0.770. The van der Waals surface area contributed by atoms with Crippen LogP contribution in [0, 0.1) is 0 Å². The van der Waals surface area contributed by atoms with Crippen molar-refractivity contribution in [2.75, 3.05) is 0 Å². The third-order valence-corrected chi connectivity index (χ3v) is 1.92. The predicted molar refractivity (Wildman–Crippen MR) is 53.7 cm³/mol. The maximum absolute atomic E-state index is 8.05. The summed E-state index contributed by atoms with van der Waals surface area (Å²) in [7, 11) is 0. The van der Waals surface area contributed by atoms with Gasteiger partial charge in [-0.25, -0.2) is 0 Å². The molecule has 0 rings (SSSR count). The fourth-order valence-corrected chi connectivity index (χ4v) is 1.15. The largest absolute Gasteiger partial charge is 0.409 e. The third kappa shape index (κ3) is 9.14. The first kappa shape index (κ1) is 12.2. The van der Waals surface area contributed by atoms with Crippen LogP contribution in [-0.2, 0) is 0 Å². The van der Waals surface area contributed by atoms with E-state index < -0.39 is 0 Å². The molecule has 0 bridgehead atoms. The molecule has 4 nitrogen and oxygen atoms in total. The normalized spacial score (nSPS) is 13.4. The molecule has 4 N–H and O–H groups in total. The summed E-state index contributed by atoms with van der Waals surface area (Å²) < 4.78 is 0. The summed E-state index contributed by atoms with van der Waals surface area (Å²) in [5, 5.41) is 13.4. The zero-order valence-corrected chi connectivity index (χ0v) is 8.29. The summed E-state index contributed by atoms with van der Waals surface area (Å²) in [6, 6.07) is 0. The molecule has 0 saturated heterocycles. The van der Waals surface area contributed by atoms with Crippen molar-refractivity contribution in [3.63, 3.8) is 0 Å². The van der Waals surface area contributed by atoms with Crippen LogP contribution in [0.2, 0.25) is 0 Å². The Labute approximate surface area is 80.2 Å². The van der Waals surface area contributed by atoms with Crippen LogP contribution < -0.4 is 11.1 Å². The van der Waals surface area contributed by atoms with Gasteiger partial charge in [0.15, 0.2) is 0 Å². The Morgan fingerprint density at radius 1 is 1.38 bits per heavy atom. The summed E-state index contributed by atoms with van der Waals surface area (Å²) in [5.41, 5.74) is 5.63. The number of unbranched alkanes of at least 4 members (excludes halogenated alkanes) is 4. The van der Waals surface area contributed by atoms with Gasteiger partial charge in [0.05, 0.1) is 6.17 Å². The van der Waals surface area contributed by atoms with Crippen molar-refractivity contribution in [2.24, 2.45) is 10.9 Å². The first-order valence-electron chi connectivity index (χ1n) is 4.91. The van der Waals surface area contributed by atoms with Gasteiger partial charge in [-0.2, -0.15) is 0 Å². The van der Waals surface area contributed by atoms with Gasteiger partial charge in [-0.05, 0) is 6.42 Å². The average Bonchev–Trinajstić information content (AvgIpc) is 2.14. The minimum atomic E-state index is -0.141. The fraction of sp³-hybridized carbons (Fsp3) is 0.889. The van der Waals surface area contributed by atoms with Crippen LogP contribution in [0.4, 0.5) is 0 Å². The minimum absolute atomic E-state index is 0.141. The van der Waals surface area contributed by atoms with Crippen LogP contribution in [0.5, 0.6) is 0 Å². The quantitative estimate of drug-likeness (QED) is 0.102. The monoisotopic (exact) mass is 186 g/mol. The number of nitrogens with two attached hydrogens (primary N) is 1. The molecular weight excluding hydrogens is 166 g/mol. The van der Waals surface area contributed by atoms with E-state index in [0.29, 0.717) is 0 Å². The molecule has 0 amide bonds. The SMILES string of the molecule is CCCCCCCC(N)N[C]=NO. The highest BCUT2D eigenvalue weighted by atomic mass is 16.4. The standard InChI is InChI=1S/C9H20N3O/c1-2-3-4-5-6-7-9(10)11-8-12-13/h9,13H,2-7,10H2,1H3,(H,11,12). The maximum Gasteiger partial charge on any atom is 0.212 e. The Morgan fingerprint density at radius 3 is 2.69 bits per heavy atom. The Kier molecular flexibility index (Phi) is 8.77. The molecule has 0 aromatic carbocycles. The maximum atomic E-state index is 8.05. The van der Waals surface area contributed by atoms with Crippen LogP contribution in [-0.4, -0.2) is 17.7 Å². The van der Waals surface area contributed by atoms with Gasteiger partial charge < -0.3 is 16.3 Å². The molecule has 0 aromatic rings. The minimum Gasteiger partial charge on any atom is -0.409 e. The van der Waals surface area contributed by atoms with Gasteiger partial charge in [0, 0.05) is 0 Å². The molecule has 4 heteroatoms. The van der Waals surface area contributed by atoms with E-state index in [1.54, 1.807) is 0 Å². The lowest BCUT2D eigenvalue weighted by Gasteiger charge is -2.09. The van der Waals surface area contributed by atoms with Crippen molar-refractivity contribution < 1.29 is 5.21 Å². The predicted octanol–water partition coefficient (Wildman–Crippen LogP) is 1.52. The van der Waals surface area contributed by atoms with Crippen molar-refractivity contribution in [1.29, 1.82) is 0 Å². The van der Waals surface area contributed by atoms with E-state index in [1.165, 1.54) is 25.7 Å². The van der Waals surface area contributed by atoms with Crippen molar-refractivity contribution in [3.8, 4) is 0 Å². The molecule has 0 aliphatic carbocycles. The second-order valence-corrected chi connectivity index (χ2v) is 3.17. The van der Waals surface area contributed by atoms with E-state index in [1.807, 2.05) is 0 Å². The molecule has 0 aliphatic rings. The van der Waals surface area contributed by atoms with Gasteiger partial charge in [0.1, 0.15) is 0 Å². The molecule has 1 unspecified atom stereocenters. The highest BCUT2D eigenvalue weighted by Crippen LogP contribution is 2.05. The molecule has 77 valence electrons. The highest BCUT2D eigenvalue weighted by Gasteiger charge is 1.98. The molecule has 0 spiro atoms. The molecule has 1 radical (unpaired) electrons. The average molecular weight is 186 g/mol. The van der Waals surface area contributed by atoms with E-state index in [2.05, 4.69) is 23.7 Å². The zero-order valence-electron chi connectivity index (χ0n) is 8.29. The van der Waals surface area contributed by atoms with Gasteiger partial charge in [-0.15, -0.1) is 0 Å². The van der Waals surface area contributed by atoms with Gasteiger partial charge in [-0.3, -0.25) is 0 Å². The highest BCUT2D eigenvalue weighted by molar-refractivity contribution is 5.53. The van der Waals surface area contributed by atoms with E-state index in [-0.39, 0.29) is 6.17 Å². The van der Waals surface area contributed by atoms with Crippen molar-refractivity contribution >= 4 is 6.34 Å². The lowest BCUT2D eigenvalue weighted by Crippen LogP contribution is -2.36. The lowest BCUT2D eigenvalue weighted by atomic mass is 10.1. The topological polar surface area (TPSA) is 70.6 Å². The second kappa shape index (κ2) is 9.32.